The molecule has 0 bridgehead atoms. The first-order valence-corrected chi connectivity index (χ1v) is 13.0. The number of aliphatic carboxylic acids is 1. The molecule has 9 nitrogen and oxygen atoms in total. The van der Waals surface area contributed by atoms with Crippen LogP contribution >= 0.6 is 0 Å². The van der Waals surface area contributed by atoms with Gasteiger partial charge in [-0.15, -0.1) is 0 Å². The van der Waals surface area contributed by atoms with E-state index >= 15 is 0 Å². The summed E-state index contributed by atoms with van der Waals surface area (Å²) in [6, 6.07) is 12.6. The summed E-state index contributed by atoms with van der Waals surface area (Å²) < 4.78 is 20.3. The van der Waals surface area contributed by atoms with Crippen LogP contribution in [0.5, 0.6) is 0 Å². The van der Waals surface area contributed by atoms with E-state index in [4.69, 9.17) is 4.74 Å². The van der Waals surface area contributed by atoms with Gasteiger partial charge in [0.15, 0.2) is 0 Å². The summed E-state index contributed by atoms with van der Waals surface area (Å²) in [6.45, 7) is 4.36. The van der Waals surface area contributed by atoms with Crippen molar-refractivity contribution in [1.29, 1.82) is 0 Å². The molecule has 2 aromatic carbocycles. The Labute approximate surface area is 260 Å². The third-order valence-corrected chi connectivity index (χ3v) is 6.77. The molecule has 3 N–H and O–H groups in total. The number of benzene rings is 2. The molecule has 214 valence electrons. The largest absolute Gasteiger partial charge is 1.00 e. The summed E-state index contributed by atoms with van der Waals surface area (Å²) in [5.74, 6) is -2.57. The summed E-state index contributed by atoms with van der Waals surface area (Å²) in [7, 11) is 1.30. The Hall–Kier alpha value is -3.02. The van der Waals surface area contributed by atoms with Gasteiger partial charge in [-0.2, -0.15) is 0 Å². The van der Waals surface area contributed by atoms with E-state index in [0.29, 0.717) is 35.3 Å². The average Bonchev–Trinajstić information content (AvgIpc) is 3.21. The molecule has 3 rings (SSSR count). The minimum Gasteiger partial charge on any atom is -0.550 e. The Morgan fingerprint density at radius 3 is 2.24 bits per heavy atom. The zero-order chi connectivity index (χ0) is 29.4. The van der Waals surface area contributed by atoms with E-state index in [1.807, 2.05) is 18.4 Å². The maximum atomic E-state index is 13.7. The maximum Gasteiger partial charge on any atom is 1.00 e. The molecule has 0 aliphatic carbocycles. The molecule has 41 heavy (non-hydrogen) atoms. The van der Waals surface area contributed by atoms with Crippen molar-refractivity contribution in [3.8, 4) is 11.1 Å². The van der Waals surface area contributed by atoms with Crippen molar-refractivity contribution in [1.82, 2.24) is 9.88 Å². The summed E-state index contributed by atoms with van der Waals surface area (Å²) in [4.78, 5) is 35.9. The number of nitrogens with one attached hydrogen (secondary N) is 1. The van der Waals surface area contributed by atoms with Gasteiger partial charge in [0.1, 0.15) is 11.5 Å². The molecular formula is C30H34FN2NaO7. The van der Waals surface area contributed by atoms with Crippen LogP contribution in [0.25, 0.3) is 11.1 Å². The van der Waals surface area contributed by atoms with Crippen LogP contribution in [0.4, 0.5) is 4.39 Å². The minimum atomic E-state index is -1.40. The number of ether oxygens (including phenoxy) is 1. The number of methoxy groups -OCH3 is 1. The zero-order valence-corrected chi connectivity index (χ0v) is 25.8. The number of carbonyl (C=O) groups is 3. The Morgan fingerprint density at radius 2 is 1.68 bits per heavy atom. The number of amides is 1. The van der Waals surface area contributed by atoms with Crippen molar-refractivity contribution < 1.29 is 68.4 Å². The number of hydrogen-bond donors (Lipinski definition) is 3. The van der Waals surface area contributed by atoms with Crippen LogP contribution in [0.2, 0.25) is 0 Å². The fourth-order valence-electron chi connectivity index (χ4n) is 4.86. The van der Waals surface area contributed by atoms with Crippen LogP contribution in [-0.2, 0) is 29.0 Å². The van der Waals surface area contributed by atoms with Crippen molar-refractivity contribution in [3.63, 3.8) is 0 Å². The van der Waals surface area contributed by atoms with Crippen LogP contribution in [0.3, 0.4) is 0 Å². The predicted octanol–water partition coefficient (Wildman–Crippen LogP) is -0.472. The number of aliphatic hydroxyl groups excluding tert-OH is 2. The third-order valence-electron chi connectivity index (χ3n) is 6.77. The molecule has 11 heteroatoms. The first-order valence-electron chi connectivity index (χ1n) is 13.0. The molecule has 0 saturated heterocycles. The van der Waals surface area contributed by atoms with E-state index < -0.39 is 36.4 Å². The molecule has 3 aromatic rings. The normalized spacial score (nSPS) is 12.2. The number of aromatic nitrogens is 1. The van der Waals surface area contributed by atoms with Gasteiger partial charge in [0, 0.05) is 36.7 Å². The number of carbonyl (C=O) groups excluding carboxylic acids is 3. The van der Waals surface area contributed by atoms with Gasteiger partial charge in [0.2, 0.25) is 0 Å². The third kappa shape index (κ3) is 8.98. The van der Waals surface area contributed by atoms with E-state index in [1.165, 1.54) is 19.2 Å². The number of halogens is 1. The topological polar surface area (TPSA) is 141 Å². The second-order valence-electron chi connectivity index (χ2n) is 9.58. The molecule has 1 amide bonds. The SMILES string of the molecule is CCn1c(CC[C@@H](O)C[C@@H](O)CC(=O)[O-])c(-c2ccc(F)cc2)c(C)c1C(=O)NCc1ccc(C(=O)OC)cc1.[Na+]. The Morgan fingerprint density at radius 1 is 1.05 bits per heavy atom. The van der Waals surface area contributed by atoms with E-state index in [0.717, 1.165) is 16.8 Å². The van der Waals surface area contributed by atoms with Gasteiger partial charge in [-0.25, -0.2) is 9.18 Å². The fourth-order valence-corrected chi connectivity index (χ4v) is 4.86. The monoisotopic (exact) mass is 576 g/mol. The molecule has 0 aliphatic heterocycles. The van der Waals surface area contributed by atoms with Crippen molar-refractivity contribution >= 4 is 17.8 Å². The molecular weight excluding hydrogens is 542 g/mol. The number of carboxylic acids is 1. The molecule has 0 unspecified atom stereocenters. The van der Waals surface area contributed by atoms with Crippen molar-refractivity contribution in [2.24, 2.45) is 0 Å². The van der Waals surface area contributed by atoms with Crippen LogP contribution in [-0.4, -0.2) is 51.9 Å². The van der Waals surface area contributed by atoms with Gasteiger partial charge in [0.05, 0.1) is 24.9 Å². The van der Waals surface area contributed by atoms with E-state index in [-0.39, 0.29) is 54.9 Å². The van der Waals surface area contributed by atoms with Crippen LogP contribution in [0.15, 0.2) is 48.5 Å². The van der Waals surface area contributed by atoms with Crippen LogP contribution < -0.4 is 40.0 Å². The Bertz CT molecular complexity index is 1340. The average molecular weight is 577 g/mol. The molecule has 1 heterocycles. The molecule has 0 spiro atoms. The molecule has 0 aliphatic rings. The van der Waals surface area contributed by atoms with E-state index in [2.05, 4.69) is 5.32 Å². The van der Waals surface area contributed by atoms with Gasteiger partial charge < -0.3 is 34.7 Å². The van der Waals surface area contributed by atoms with E-state index in [1.54, 1.807) is 36.4 Å². The van der Waals surface area contributed by atoms with Crippen molar-refractivity contribution in [2.75, 3.05) is 7.11 Å². The standard InChI is InChI=1S/C30H35FN2O7.Na/c1-4-33-25(14-13-23(34)15-24(35)16-26(36)37)27(20-9-11-22(31)12-10-20)18(2)28(33)29(38)32-17-19-5-7-21(8-6-19)30(39)40-3;/h5-12,23-24,34-35H,4,13-17H2,1-3H3,(H,32,38)(H,36,37);/q;+1/p-1/t23-,24-;/m1./s1. The summed E-state index contributed by atoms with van der Waals surface area (Å²) in [6.07, 6.45) is -2.40. The molecule has 0 fully saturated rings. The molecule has 0 radical (unpaired) electrons. The number of esters is 1. The summed E-state index contributed by atoms with van der Waals surface area (Å²) >= 11 is 0. The Kier molecular flexibility index (Phi) is 13.2. The maximum absolute atomic E-state index is 13.7. The number of hydrogen-bond acceptors (Lipinski definition) is 7. The van der Waals surface area contributed by atoms with Gasteiger partial charge >= 0.3 is 35.5 Å². The second kappa shape index (κ2) is 15.8. The predicted molar refractivity (Wildman–Crippen MR) is 144 cm³/mol. The Balaban J connectivity index is 0.00000588. The smallest absolute Gasteiger partial charge is 0.550 e. The fraction of sp³-hybridized carbons (Fsp3) is 0.367. The van der Waals surface area contributed by atoms with E-state index in [9.17, 15) is 34.1 Å². The quantitative estimate of drug-likeness (QED) is 0.185. The van der Waals surface area contributed by atoms with Gasteiger partial charge in [-0.3, -0.25) is 4.79 Å². The van der Waals surface area contributed by atoms with Crippen LogP contribution in [0.1, 0.15) is 63.9 Å². The molecule has 2 atom stereocenters. The van der Waals surface area contributed by atoms with Crippen molar-refractivity contribution in [2.45, 2.75) is 64.8 Å². The summed E-state index contributed by atoms with van der Waals surface area (Å²) in [5.41, 5.74) is 4.51. The number of rotatable bonds is 13. The molecule has 0 saturated carbocycles. The second-order valence-corrected chi connectivity index (χ2v) is 9.58. The van der Waals surface area contributed by atoms with Crippen molar-refractivity contribution in [3.05, 3.63) is 82.4 Å². The number of nitrogens with zero attached hydrogens (tertiary/aromatic N) is 1. The first-order chi connectivity index (χ1) is 19.0. The first kappa shape index (κ1) is 34.2. The van der Waals surface area contributed by atoms with Crippen LogP contribution in [0, 0.1) is 12.7 Å². The molecule has 1 aromatic heterocycles. The van der Waals surface area contributed by atoms with Gasteiger partial charge in [-0.1, -0.05) is 24.3 Å². The van der Waals surface area contributed by atoms with Gasteiger partial charge in [0.25, 0.3) is 5.91 Å². The number of carboxylic acid groups (broad SMARTS) is 1. The minimum absolute atomic E-state index is 0. The number of aliphatic hydroxyl groups is 2. The zero-order valence-electron chi connectivity index (χ0n) is 23.8. The summed E-state index contributed by atoms with van der Waals surface area (Å²) in [5, 5.41) is 34.0. The van der Waals surface area contributed by atoms with Gasteiger partial charge in [-0.05, 0) is 74.1 Å².